The smallest absolute Gasteiger partial charge is 0.308 e. The summed E-state index contributed by atoms with van der Waals surface area (Å²) in [5.41, 5.74) is 0.291. The number of hydrogen-bond donors (Lipinski definition) is 1. The van der Waals surface area contributed by atoms with E-state index >= 15 is 0 Å². The average molecular weight is 292 g/mol. The number of pyridine rings is 1. The summed E-state index contributed by atoms with van der Waals surface area (Å²) >= 11 is 0. The molecule has 1 aliphatic heterocycles. The van der Waals surface area contributed by atoms with Gasteiger partial charge in [-0.1, -0.05) is 6.07 Å². The predicted octanol–water partition coefficient (Wildman–Crippen LogP) is 1.81. The van der Waals surface area contributed by atoms with Crippen molar-refractivity contribution in [3.8, 4) is 5.88 Å². The molecule has 1 aromatic rings. The van der Waals surface area contributed by atoms with Gasteiger partial charge in [-0.25, -0.2) is 4.98 Å². The molecule has 0 radical (unpaired) electrons. The standard InChI is InChI=1S/C15H20N2O4/c1-10(2)21-13-7-3-6-12(16-13)14(18)17-8-4-5-11(9-17)15(19)20/h3,6-7,10-11H,4-5,8-9H2,1-2H3,(H,19,20)/t11-/m0/s1. The van der Waals surface area contributed by atoms with E-state index in [-0.39, 0.29) is 18.6 Å². The molecule has 6 heteroatoms. The van der Waals surface area contributed by atoms with Crippen LogP contribution in [0.25, 0.3) is 0 Å². The second kappa shape index (κ2) is 6.56. The number of rotatable bonds is 4. The van der Waals surface area contributed by atoms with E-state index in [1.165, 1.54) is 0 Å². The van der Waals surface area contributed by atoms with Crippen molar-refractivity contribution in [2.75, 3.05) is 13.1 Å². The predicted molar refractivity (Wildman–Crippen MR) is 76.3 cm³/mol. The number of likely N-dealkylation sites (tertiary alicyclic amines) is 1. The number of carboxylic acids is 1. The van der Waals surface area contributed by atoms with Crippen LogP contribution in [0.15, 0.2) is 18.2 Å². The van der Waals surface area contributed by atoms with Crippen molar-refractivity contribution >= 4 is 11.9 Å². The summed E-state index contributed by atoms with van der Waals surface area (Å²) in [6.07, 6.45) is 1.29. The Kier molecular flexibility index (Phi) is 4.77. The van der Waals surface area contributed by atoms with E-state index in [2.05, 4.69) is 4.98 Å². The number of carbonyl (C=O) groups is 2. The first-order chi connectivity index (χ1) is 9.97. The van der Waals surface area contributed by atoms with Gasteiger partial charge in [-0.3, -0.25) is 9.59 Å². The topological polar surface area (TPSA) is 79.7 Å². The lowest BCUT2D eigenvalue weighted by Crippen LogP contribution is -2.42. The van der Waals surface area contributed by atoms with Crippen molar-refractivity contribution in [3.63, 3.8) is 0 Å². The molecule has 1 N–H and O–H groups in total. The van der Waals surface area contributed by atoms with E-state index < -0.39 is 11.9 Å². The Morgan fingerprint density at radius 3 is 2.86 bits per heavy atom. The fraction of sp³-hybridized carbons (Fsp3) is 0.533. The quantitative estimate of drug-likeness (QED) is 0.915. The molecule has 114 valence electrons. The largest absolute Gasteiger partial charge is 0.481 e. The number of carboxylic acid groups (broad SMARTS) is 1. The summed E-state index contributed by atoms with van der Waals surface area (Å²) in [4.78, 5) is 29.2. The maximum absolute atomic E-state index is 12.4. The summed E-state index contributed by atoms with van der Waals surface area (Å²) < 4.78 is 5.48. The highest BCUT2D eigenvalue weighted by Gasteiger charge is 2.29. The van der Waals surface area contributed by atoms with Gasteiger partial charge in [0.2, 0.25) is 5.88 Å². The van der Waals surface area contributed by atoms with Gasteiger partial charge in [-0.15, -0.1) is 0 Å². The molecule has 0 bridgehead atoms. The van der Waals surface area contributed by atoms with Crippen molar-refractivity contribution in [3.05, 3.63) is 23.9 Å². The number of amides is 1. The summed E-state index contributed by atoms with van der Waals surface area (Å²) in [6.45, 7) is 4.58. The number of aromatic nitrogens is 1. The summed E-state index contributed by atoms with van der Waals surface area (Å²) in [6, 6.07) is 5.05. The molecule has 2 rings (SSSR count). The molecule has 6 nitrogen and oxygen atoms in total. The lowest BCUT2D eigenvalue weighted by Gasteiger charge is -2.30. The van der Waals surface area contributed by atoms with Crippen molar-refractivity contribution < 1.29 is 19.4 Å². The van der Waals surface area contributed by atoms with Crippen LogP contribution in [0, 0.1) is 5.92 Å². The van der Waals surface area contributed by atoms with Gasteiger partial charge in [0.1, 0.15) is 5.69 Å². The van der Waals surface area contributed by atoms with Gasteiger partial charge in [-0.05, 0) is 32.8 Å². The summed E-state index contributed by atoms with van der Waals surface area (Å²) in [5, 5.41) is 9.08. The molecule has 1 saturated heterocycles. The molecule has 21 heavy (non-hydrogen) atoms. The summed E-state index contributed by atoms with van der Waals surface area (Å²) in [7, 11) is 0. The van der Waals surface area contributed by atoms with Crippen LogP contribution < -0.4 is 4.74 Å². The van der Waals surface area contributed by atoms with Crippen LogP contribution >= 0.6 is 0 Å². The normalized spacial score (nSPS) is 18.6. The molecule has 1 atom stereocenters. The molecule has 2 heterocycles. The molecular formula is C15H20N2O4. The van der Waals surface area contributed by atoms with Gasteiger partial charge in [0.15, 0.2) is 0 Å². The molecular weight excluding hydrogens is 272 g/mol. The minimum absolute atomic E-state index is 0.0192. The maximum Gasteiger partial charge on any atom is 0.308 e. The fourth-order valence-corrected chi connectivity index (χ4v) is 2.37. The molecule has 0 unspecified atom stereocenters. The molecule has 0 aliphatic carbocycles. The van der Waals surface area contributed by atoms with Crippen molar-refractivity contribution in [1.29, 1.82) is 0 Å². The van der Waals surface area contributed by atoms with E-state index in [0.717, 1.165) is 0 Å². The van der Waals surface area contributed by atoms with Crippen molar-refractivity contribution in [2.45, 2.75) is 32.8 Å². The molecule has 0 saturated carbocycles. The van der Waals surface area contributed by atoms with Crippen LogP contribution in [0.4, 0.5) is 0 Å². The first kappa shape index (κ1) is 15.3. The Bertz CT molecular complexity index is 530. The molecule has 1 aromatic heterocycles. The number of ether oxygens (including phenoxy) is 1. The van der Waals surface area contributed by atoms with Crippen molar-refractivity contribution in [1.82, 2.24) is 9.88 Å². The van der Waals surface area contributed by atoms with E-state index in [9.17, 15) is 9.59 Å². The molecule has 0 spiro atoms. The number of aliphatic carboxylic acids is 1. The van der Waals surface area contributed by atoms with Gasteiger partial charge in [0, 0.05) is 19.2 Å². The lowest BCUT2D eigenvalue weighted by atomic mass is 9.98. The maximum atomic E-state index is 12.4. The van der Waals surface area contributed by atoms with Crippen LogP contribution in [0.3, 0.4) is 0 Å². The first-order valence-electron chi connectivity index (χ1n) is 7.13. The minimum Gasteiger partial charge on any atom is -0.481 e. The highest BCUT2D eigenvalue weighted by Crippen LogP contribution is 2.19. The second-order valence-electron chi connectivity index (χ2n) is 5.46. The van der Waals surface area contributed by atoms with Gasteiger partial charge in [-0.2, -0.15) is 0 Å². The third-order valence-electron chi connectivity index (χ3n) is 3.36. The fourth-order valence-electron chi connectivity index (χ4n) is 2.37. The molecule has 1 amide bonds. The Labute approximate surface area is 123 Å². The first-order valence-corrected chi connectivity index (χ1v) is 7.13. The molecule has 1 fully saturated rings. The van der Waals surface area contributed by atoms with Crippen LogP contribution in [0.5, 0.6) is 5.88 Å². The van der Waals surface area contributed by atoms with E-state index in [1.807, 2.05) is 13.8 Å². The van der Waals surface area contributed by atoms with Crippen LogP contribution in [-0.4, -0.2) is 46.1 Å². The van der Waals surface area contributed by atoms with E-state index in [0.29, 0.717) is 31.0 Å². The highest BCUT2D eigenvalue weighted by atomic mass is 16.5. The SMILES string of the molecule is CC(C)Oc1cccc(C(=O)N2CCC[C@H](C(=O)O)C2)n1. The zero-order valence-corrected chi connectivity index (χ0v) is 12.3. The number of nitrogens with zero attached hydrogens (tertiary/aromatic N) is 2. The number of carbonyl (C=O) groups excluding carboxylic acids is 1. The Morgan fingerprint density at radius 1 is 1.43 bits per heavy atom. The third kappa shape index (κ3) is 3.93. The second-order valence-corrected chi connectivity index (χ2v) is 5.46. The van der Waals surface area contributed by atoms with Crippen molar-refractivity contribution in [2.24, 2.45) is 5.92 Å². The Hall–Kier alpha value is -2.11. The summed E-state index contributed by atoms with van der Waals surface area (Å²) in [5.74, 6) is -1.17. The number of piperidine rings is 1. The number of hydrogen-bond acceptors (Lipinski definition) is 4. The van der Waals surface area contributed by atoms with Gasteiger partial charge >= 0.3 is 5.97 Å². The van der Waals surface area contributed by atoms with Gasteiger partial charge in [0.25, 0.3) is 5.91 Å². The van der Waals surface area contributed by atoms with Crippen LogP contribution in [0.1, 0.15) is 37.2 Å². The Morgan fingerprint density at radius 2 is 2.19 bits per heavy atom. The van der Waals surface area contributed by atoms with E-state index in [1.54, 1.807) is 23.1 Å². The van der Waals surface area contributed by atoms with Gasteiger partial charge < -0.3 is 14.7 Å². The van der Waals surface area contributed by atoms with Crippen LogP contribution in [0.2, 0.25) is 0 Å². The van der Waals surface area contributed by atoms with Crippen LogP contribution in [-0.2, 0) is 4.79 Å². The minimum atomic E-state index is -0.850. The van der Waals surface area contributed by atoms with E-state index in [4.69, 9.17) is 9.84 Å². The zero-order chi connectivity index (χ0) is 15.4. The van der Waals surface area contributed by atoms with Gasteiger partial charge in [0.05, 0.1) is 12.0 Å². The lowest BCUT2D eigenvalue weighted by molar-refractivity contribution is -0.143. The highest BCUT2D eigenvalue weighted by molar-refractivity contribution is 5.92. The average Bonchev–Trinajstić information content (AvgIpc) is 2.46. The Balaban J connectivity index is 2.10. The third-order valence-corrected chi connectivity index (χ3v) is 3.36. The monoisotopic (exact) mass is 292 g/mol. The zero-order valence-electron chi connectivity index (χ0n) is 12.3. The molecule has 0 aromatic carbocycles. The molecule has 1 aliphatic rings.